The zero-order valence-electron chi connectivity index (χ0n) is 10.1. The largest absolute Gasteiger partial charge is 0.449 e. The lowest BCUT2D eigenvalue weighted by Crippen LogP contribution is -2.36. The van der Waals surface area contributed by atoms with Gasteiger partial charge in [-0.2, -0.15) is 0 Å². The first-order valence-corrected chi connectivity index (χ1v) is 5.98. The number of rotatable bonds is 2. The molecule has 0 bridgehead atoms. The Kier molecular flexibility index (Phi) is 3.71. The smallest absolute Gasteiger partial charge is 0.419 e. The van der Waals surface area contributed by atoms with Gasteiger partial charge in [0.2, 0.25) is 0 Å². The molecule has 1 heterocycles. The van der Waals surface area contributed by atoms with Crippen LogP contribution < -0.4 is 5.32 Å². The fourth-order valence-corrected chi connectivity index (χ4v) is 1.92. The molecule has 4 amide bonds. The highest BCUT2D eigenvalue weighted by molar-refractivity contribution is 6.30. The molecule has 0 radical (unpaired) electrons. The fraction of sp³-hybridized carbons (Fsp3) is 0.250. The molecule has 0 spiro atoms. The molecule has 0 aliphatic carbocycles. The topological polar surface area (TPSA) is 75.7 Å². The highest BCUT2D eigenvalue weighted by Gasteiger charge is 2.44. The maximum atomic E-state index is 11.8. The van der Waals surface area contributed by atoms with Crippen LogP contribution in [0.3, 0.4) is 0 Å². The number of carbonyl (C=O) groups excluding carboxylic acids is 3. The molecule has 1 aliphatic heterocycles. The van der Waals surface area contributed by atoms with Gasteiger partial charge < -0.3 is 4.74 Å². The summed E-state index contributed by atoms with van der Waals surface area (Å²) in [6.07, 6.45) is -0.856. The zero-order valence-corrected chi connectivity index (χ0v) is 10.8. The van der Waals surface area contributed by atoms with Crippen LogP contribution in [0.25, 0.3) is 0 Å². The van der Waals surface area contributed by atoms with Crippen molar-refractivity contribution < 1.29 is 19.1 Å². The minimum absolute atomic E-state index is 0.115. The van der Waals surface area contributed by atoms with E-state index >= 15 is 0 Å². The van der Waals surface area contributed by atoms with E-state index in [1.54, 1.807) is 31.2 Å². The first-order chi connectivity index (χ1) is 9.04. The Morgan fingerprint density at radius 1 is 1.37 bits per heavy atom. The maximum absolute atomic E-state index is 11.8. The van der Waals surface area contributed by atoms with Gasteiger partial charge in [-0.1, -0.05) is 23.7 Å². The summed E-state index contributed by atoms with van der Waals surface area (Å²) in [7, 11) is 0. The monoisotopic (exact) mass is 282 g/mol. The Bertz CT molecular complexity index is 529. The van der Waals surface area contributed by atoms with Crippen molar-refractivity contribution in [3.63, 3.8) is 0 Å². The Morgan fingerprint density at radius 2 is 2.00 bits per heavy atom. The summed E-state index contributed by atoms with van der Waals surface area (Å²) < 4.78 is 4.77. The van der Waals surface area contributed by atoms with Crippen molar-refractivity contribution in [2.75, 3.05) is 6.61 Å². The van der Waals surface area contributed by atoms with Crippen LogP contribution in [-0.2, 0) is 9.53 Å². The number of hydrogen-bond acceptors (Lipinski definition) is 4. The minimum atomic E-state index is -1.02. The molecule has 1 aromatic carbocycles. The number of carbonyl (C=O) groups is 3. The molecule has 19 heavy (non-hydrogen) atoms. The molecule has 1 N–H and O–H groups in total. The fourth-order valence-electron chi connectivity index (χ4n) is 1.80. The number of ether oxygens (including phenoxy) is 1. The zero-order chi connectivity index (χ0) is 14.0. The van der Waals surface area contributed by atoms with Gasteiger partial charge in [0.1, 0.15) is 6.04 Å². The van der Waals surface area contributed by atoms with Crippen molar-refractivity contribution in [3.8, 4) is 0 Å². The lowest BCUT2D eigenvalue weighted by atomic mass is 10.1. The lowest BCUT2D eigenvalue weighted by Gasteiger charge is -2.19. The molecular weight excluding hydrogens is 272 g/mol. The number of amides is 4. The first-order valence-electron chi connectivity index (χ1n) is 5.61. The molecule has 0 unspecified atom stereocenters. The van der Waals surface area contributed by atoms with Crippen LogP contribution in [0, 0.1) is 0 Å². The lowest BCUT2D eigenvalue weighted by molar-refractivity contribution is -0.121. The molecule has 0 saturated carbocycles. The van der Waals surface area contributed by atoms with Crippen LogP contribution in [-0.4, -0.2) is 29.5 Å². The van der Waals surface area contributed by atoms with E-state index in [4.69, 9.17) is 16.3 Å². The second-order valence-corrected chi connectivity index (χ2v) is 4.25. The number of urea groups is 1. The average Bonchev–Trinajstić information content (AvgIpc) is 2.65. The molecule has 1 saturated heterocycles. The normalized spacial score (nSPS) is 18.4. The van der Waals surface area contributed by atoms with E-state index in [0.717, 1.165) is 4.90 Å². The summed E-state index contributed by atoms with van der Waals surface area (Å²) in [5.41, 5.74) is 0.487. The number of nitrogens with one attached hydrogen (secondary N) is 1. The van der Waals surface area contributed by atoms with Crippen LogP contribution in [0.5, 0.6) is 0 Å². The van der Waals surface area contributed by atoms with Crippen molar-refractivity contribution in [3.05, 3.63) is 34.9 Å². The second kappa shape index (κ2) is 5.27. The maximum Gasteiger partial charge on any atom is 0.419 e. The summed E-state index contributed by atoms with van der Waals surface area (Å²) in [5, 5.41) is 2.58. The third-order valence-corrected chi connectivity index (χ3v) is 2.86. The number of halogens is 1. The number of hydrogen-bond donors (Lipinski definition) is 1. The number of imide groups is 2. The van der Waals surface area contributed by atoms with Gasteiger partial charge in [-0.25, -0.2) is 14.5 Å². The van der Waals surface area contributed by atoms with E-state index in [0.29, 0.717) is 10.6 Å². The molecular formula is C12H11ClN2O4. The van der Waals surface area contributed by atoms with E-state index < -0.39 is 24.1 Å². The standard InChI is InChI=1S/C12H11ClN2O4/c1-2-19-12(18)15-9(10(16)14-11(15)17)7-3-5-8(13)6-4-7/h3-6,9H,2H2,1H3,(H,14,16,17)/t9-/m0/s1. The molecule has 2 rings (SSSR count). The van der Waals surface area contributed by atoms with Crippen LogP contribution >= 0.6 is 11.6 Å². The summed E-state index contributed by atoms with van der Waals surface area (Å²) in [5.74, 6) is -0.569. The first kappa shape index (κ1) is 13.4. The van der Waals surface area contributed by atoms with Crippen LogP contribution in [0.1, 0.15) is 18.5 Å². The molecule has 7 heteroatoms. The van der Waals surface area contributed by atoms with Gasteiger partial charge in [-0.05, 0) is 24.6 Å². The molecule has 1 fully saturated rings. The summed E-state index contributed by atoms with van der Waals surface area (Å²) in [6.45, 7) is 1.73. The van der Waals surface area contributed by atoms with Gasteiger partial charge >= 0.3 is 12.1 Å². The predicted octanol–water partition coefficient (Wildman–Crippen LogP) is 2.09. The molecule has 0 aromatic heterocycles. The van der Waals surface area contributed by atoms with Crippen LogP contribution in [0.4, 0.5) is 9.59 Å². The number of nitrogens with zero attached hydrogens (tertiary/aromatic N) is 1. The number of benzene rings is 1. The van der Waals surface area contributed by atoms with Gasteiger partial charge in [0.05, 0.1) is 6.61 Å². The predicted molar refractivity (Wildman–Crippen MR) is 66.6 cm³/mol. The van der Waals surface area contributed by atoms with E-state index in [9.17, 15) is 14.4 Å². The Labute approximate surface area is 114 Å². The van der Waals surface area contributed by atoms with Gasteiger partial charge in [0, 0.05) is 5.02 Å². The summed E-state index contributed by atoms with van der Waals surface area (Å²) >= 11 is 5.76. The molecule has 6 nitrogen and oxygen atoms in total. The summed E-state index contributed by atoms with van der Waals surface area (Å²) in [6, 6.07) is 4.51. The Balaban J connectivity index is 2.34. The molecule has 100 valence electrons. The second-order valence-electron chi connectivity index (χ2n) is 3.82. The van der Waals surface area contributed by atoms with E-state index in [1.165, 1.54) is 0 Å². The SMILES string of the molecule is CCOC(=O)N1C(=O)NC(=O)[C@@H]1c1ccc(Cl)cc1. The highest BCUT2D eigenvalue weighted by Crippen LogP contribution is 2.27. The van der Waals surface area contributed by atoms with Crippen molar-refractivity contribution in [2.45, 2.75) is 13.0 Å². The highest BCUT2D eigenvalue weighted by atomic mass is 35.5. The Hall–Kier alpha value is -2.08. The Morgan fingerprint density at radius 3 is 2.58 bits per heavy atom. The summed E-state index contributed by atoms with van der Waals surface area (Å²) in [4.78, 5) is 35.9. The third-order valence-electron chi connectivity index (χ3n) is 2.61. The molecule has 1 aliphatic rings. The third kappa shape index (κ3) is 2.53. The quantitative estimate of drug-likeness (QED) is 0.843. The van der Waals surface area contributed by atoms with Crippen molar-refractivity contribution in [1.29, 1.82) is 0 Å². The van der Waals surface area contributed by atoms with Crippen LogP contribution in [0.2, 0.25) is 5.02 Å². The van der Waals surface area contributed by atoms with Crippen molar-refractivity contribution in [2.24, 2.45) is 0 Å². The van der Waals surface area contributed by atoms with E-state index in [1.807, 2.05) is 0 Å². The van der Waals surface area contributed by atoms with Gasteiger partial charge in [0.25, 0.3) is 5.91 Å². The van der Waals surface area contributed by atoms with Gasteiger partial charge in [-0.3, -0.25) is 10.1 Å². The van der Waals surface area contributed by atoms with Crippen molar-refractivity contribution >= 4 is 29.6 Å². The molecule has 1 atom stereocenters. The van der Waals surface area contributed by atoms with Gasteiger partial charge in [0.15, 0.2) is 0 Å². The van der Waals surface area contributed by atoms with Gasteiger partial charge in [-0.15, -0.1) is 0 Å². The minimum Gasteiger partial charge on any atom is -0.449 e. The van der Waals surface area contributed by atoms with Crippen molar-refractivity contribution in [1.82, 2.24) is 10.2 Å². The molecule has 1 aromatic rings. The van der Waals surface area contributed by atoms with E-state index in [2.05, 4.69) is 5.32 Å². The average molecular weight is 283 g/mol. The van der Waals surface area contributed by atoms with E-state index in [-0.39, 0.29) is 6.61 Å². The van der Waals surface area contributed by atoms with Crippen LogP contribution in [0.15, 0.2) is 24.3 Å².